The molecule has 2 aromatic rings. The van der Waals surface area contributed by atoms with Crippen molar-refractivity contribution >= 4 is 23.4 Å². The lowest BCUT2D eigenvalue weighted by Gasteiger charge is -2.22. The van der Waals surface area contributed by atoms with Gasteiger partial charge in [0.15, 0.2) is 11.5 Å². The average Bonchev–Trinajstić information content (AvgIpc) is 3.09. The van der Waals surface area contributed by atoms with E-state index in [1.807, 2.05) is 36.4 Å². The highest BCUT2D eigenvalue weighted by Gasteiger charge is 2.33. The summed E-state index contributed by atoms with van der Waals surface area (Å²) in [6, 6.07) is 11.6. The van der Waals surface area contributed by atoms with E-state index in [9.17, 15) is 4.79 Å². The number of carbonyl (C=O) groups excluding carboxylic acids is 1. The fourth-order valence-electron chi connectivity index (χ4n) is 3.53. The second-order valence-corrected chi connectivity index (χ2v) is 7.75. The molecule has 3 rings (SSSR count). The zero-order chi connectivity index (χ0) is 21.5. The minimum absolute atomic E-state index is 0.0530. The summed E-state index contributed by atoms with van der Waals surface area (Å²) in [7, 11) is 3.23. The van der Waals surface area contributed by atoms with Crippen LogP contribution in [0.2, 0.25) is 5.02 Å². The predicted molar refractivity (Wildman–Crippen MR) is 119 cm³/mol. The first-order valence-corrected chi connectivity index (χ1v) is 10.6. The molecule has 0 saturated carbocycles. The third kappa shape index (κ3) is 5.30. The first-order valence-electron chi connectivity index (χ1n) is 10.2. The summed E-state index contributed by atoms with van der Waals surface area (Å²) >= 11 is 6.32. The molecule has 1 aliphatic heterocycles. The largest absolute Gasteiger partial charge is 0.493 e. The number of amides is 1. The van der Waals surface area contributed by atoms with Crippen LogP contribution in [0.5, 0.6) is 11.5 Å². The molecule has 1 heterocycles. The minimum atomic E-state index is -0.295. The maximum Gasteiger partial charge on any atom is 0.410 e. The van der Waals surface area contributed by atoms with E-state index in [1.54, 1.807) is 19.1 Å². The van der Waals surface area contributed by atoms with Gasteiger partial charge in [-0.3, -0.25) is 4.90 Å². The Morgan fingerprint density at radius 3 is 2.63 bits per heavy atom. The molecular formula is C23H29ClN2O4. The molecule has 6 nitrogen and oxygen atoms in total. The van der Waals surface area contributed by atoms with Crippen LogP contribution in [-0.4, -0.2) is 44.4 Å². The summed E-state index contributed by atoms with van der Waals surface area (Å²) in [5.41, 5.74) is 2.96. The Morgan fingerprint density at radius 2 is 1.90 bits per heavy atom. The summed E-state index contributed by atoms with van der Waals surface area (Å²) < 4.78 is 16.0. The number of methoxy groups -OCH3 is 2. The van der Waals surface area contributed by atoms with Gasteiger partial charge >= 0.3 is 6.09 Å². The highest BCUT2D eigenvalue weighted by atomic mass is 35.5. The molecule has 1 fully saturated rings. The average molecular weight is 433 g/mol. The van der Waals surface area contributed by atoms with Crippen molar-refractivity contribution in [3.63, 3.8) is 0 Å². The number of hydrogen-bond acceptors (Lipinski definition) is 5. The van der Waals surface area contributed by atoms with E-state index in [0.717, 1.165) is 36.2 Å². The Morgan fingerprint density at radius 1 is 1.13 bits per heavy atom. The summed E-state index contributed by atoms with van der Waals surface area (Å²) in [6.07, 6.45) is 2.56. The third-order valence-electron chi connectivity index (χ3n) is 5.22. The number of benzene rings is 2. The van der Waals surface area contributed by atoms with E-state index < -0.39 is 0 Å². The first-order chi connectivity index (χ1) is 14.5. The van der Waals surface area contributed by atoms with E-state index in [-0.39, 0.29) is 12.1 Å². The molecule has 0 aromatic heterocycles. The molecular weight excluding hydrogens is 404 g/mol. The Kier molecular flexibility index (Phi) is 7.69. The number of rotatable bonds is 10. The van der Waals surface area contributed by atoms with Gasteiger partial charge in [-0.25, -0.2) is 4.79 Å². The van der Waals surface area contributed by atoms with Gasteiger partial charge in [-0.05, 0) is 48.2 Å². The number of nitrogens with zero attached hydrogens (tertiary/aromatic N) is 1. The fraction of sp³-hybridized carbons (Fsp3) is 0.435. The van der Waals surface area contributed by atoms with Gasteiger partial charge in [0.2, 0.25) is 0 Å². The molecule has 1 aliphatic rings. The Bertz CT molecular complexity index is 874. The smallest absolute Gasteiger partial charge is 0.410 e. The number of anilines is 1. The quantitative estimate of drug-likeness (QED) is 0.527. The van der Waals surface area contributed by atoms with Crippen LogP contribution in [0, 0.1) is 0 Å². The molecule has 0 radical (unpaired) electrons. The van der Waals surface area contributed by atoms with Crippen LogP contribution in [0.1, 0.15) is 30.9 Å². The lowest BCUT2D eigenvalue weighted by Crippen LogP contribution is -2.34. The highest BCUT2D eigenvalue weighted by molar-refractivity contribution is 6.33. The van der Waals surface area contributed by atoms with E-state index >= 15 is 0 Å². The van der Waals surface area contributed by atoms with Crippen molar-refractivity contribution in [2.75, 3.05) is 32.7 Å². The van der Waals surface area contributed by atoms with Crippen molar-refractivity contribution in [1.29, 1.82) is 0 Å². The van der Waals surface area contributed by atoms with Crippen LogP contribution < -0.4 is 14.8 Å². The van der Waals surface area contributed by atoms with Crippen molar-refractivity contribution < 1.29 is 19.0 Å². The number of nitrogens with one attached hydrogen (secondary N) is 1. The second kappa shape index (κ2) is 10.4. The molecule has 1 amide bonds. The van der Waals surface area contributed by atoms with E-state index in [0.29, 0.717) is 36.1 Å². The molecule has 1 atom stereocenters. The second-order valence-electron chi connectivity index (χ2n) is 7.35. The lowest BCUT2D eigenvalue weighted by atomic mass is 10.0. The van der Waals surface area contributed by atoms with Crippen LogP contribution in [0.25, 0.3) is 0 Å². The van der Waals surface area contributed by atoms with E-state index in [2.05, 4.69) is 12.2 Å². The standard InChI is InChI=1S/C23H29ClN2O4/c1-4-5-10-25-20-12-17(6-8-19(20)24)14-26-18(15-30-23(26)27)11-16-7-9-21(28-2)22(13-16)29-3/h6-9,12-13,18,25H,4-5,10-11,14-15H2,1-3H3. The highest BCUT2D eigenvalue weighted by Crippen LogP contribution is 2.30. The predicted octanol–water partition coefficient (Wildman–Crippen LogP) is 5.13. The number of unbranched alkanes of at least 4 members (excludes halogenated alkanes) is 1. The van der Waals surface area contributed by atoms with Gasteiger partial charge in [0.05, 0.1) is 31.0 Å². The zero-order valence-corrected chi connectivity index (χ0v) is 18.5. The van der Waals surface area contributed by atoms with Crippen LogP contribution in [0.4, 0.5) is 10.5 Å². The number of cyclic esters (lactones) is 1. The van der Waals surface area contributed by atoms with Crippen LogP contribution >= 0.6 is 11.6 Å². The molecule has 0 aliphatic carbocycles. The molecule has 0 bridgehead atoms. The summed E-state index contributed by atoms with van der Waals surface area (Å²) in [5.74, 6) is 1.36. The van der Waals surface area contributed by atoms with Crippen molar-refractivity contribution in [2.45, 2.75) is 38.8 Å². The molecule has 2 aromatic carbocycles. The van der Waals surface area contributed by atoms with Crippen LogP contribution in [-0.2, 0) is 17.7 Å². The Labute approximate surface area is 183 Å². The summed E-state index contributed by atoms with van der Waals surface area (Å²) in [6.45, 7) is 3.85. The number of carbonyl (C=O) groups is 1. The van der Waals surface area contributed by atoms with Gasteiger partial charge in [0.1, 0.15) is 6.61 Å². The lowest BCUT2D eigenvalue weighted by molar-refractivity contribution is 0.156. The molecule has 162 valence electrons. The zero-order valence-electron chi connectivity index (χ0n) is 17.7. The van der Waals surface area contributed by atoms with Crippen LogP contribution in [0.3, 0.4) is 0 Å². The number of ether oxygens (including phenoxy) is 3. The minimum Gasteiger partial charge on any atom is -0.493 e. The topological polar surface area (TPSA) is 60.0 Å². The SMILES string of the molecule is CCCCNc1cc(CN2C(=O)OCC2Cc2ccc(OC)c(OC)c2)ccc1Cl. The van der Waals surface area contributed by atoms with Gasteiger partial charge in [0, 0.05) is 13.1 Å². The van der Waals surface area contributed by atoms with Gasteiger partial charge in [-0.2, -0.15) is 0 Å². The van der Waals surface area contributed by atoms with Gasteiger partial charge in [0.25, 0.3) is 0 Å². The van der Waals surface area contributed by atoms with E-state index in [1.165, 1.54) is 0 Å². The Hall–Kier alpha value is -2.60. The normalized spacial score (nSPS) is 15.8. The fourth-order valence-corrected chi connectivity index (χ4v) is 3.72. The van der Waals surface area contributed by atoms with Gasteiger partial charge < -0.3 is 19.5 Å². The Balaban J connectivity index is 1.72. The molecule has 1 N–H and O–H groups in total. The maximum atomic E-state index is 12.4. The summed E-state index contributed by atoms with van der Waals surface area (Å²) in [5, 5.41) is 4.05. The van der Waals surface area contributed by atoms with E-state index in [4.69, 9.17) is 25.8 Å². The molecule has 0 spiro atoms. The van der Waals surface area contributed by atoms with Crippen molar-refractivity contribution in [3.8, 4) is 11.5 Å². The van der Waals surface area contributed by atoms with Crippen LogP contribution in [0.15, 0.2) is 36.4 Å². The number of hydrogen-bond donors (Lipinski definition) is 1. The van der Waals surface area contributed by atoms with Crippen molar-refractivity contribution in [3.05, 3.63) is 52.5 Å². The molecule has 1 saturated heterocycles. The van der Waals surface area contributed by atoms with Gasteiger partial charge in [-0.1, -0.05) is 37.1 Å². The number of halogens is 1. The summed E-state index contributed by atoms with van der Waals surface area (Å²) in [4.78, 5) is 14.2. The molecule has 30 heavy (non-hydrogen) atoms. The molecule has 7 heteroatoms. The van der Waals surface area contributed by atoms with Gasteiger partial charge in [-0.15, -0.1) is 0 Å². The third-order valence-corrected chi connectivity index (χ3v) is 5.55. The molecule has 1 unspecified atom stereocenters. The monoisotopic (exact) mass is 432 g/mol. The van der Waals surface area contributed by atoms with Crippen molar-refractivity contribution in [1.82, 2.24) is 4.90 Å². The first kappa shape index (κ1) is 22.1. The van der Waals surface area contributed by atoms with Crippen molar-refractivity contribution in [2.24, 2.45) is 0 Å². The maximum absolute atomic E-state index is 12.4.